The lowest BCUT2D eigenvalue weighted by Gasteiger charge is -2.07. The van der Waals surface area contributed by atoms with Gasteiger partial charge in [-0.3, -0.25) is 10.1 Å². The van der Waals surface area contributed by atoms with E-state index in [1.165, 1.54) is 6.07 Å². The molecule has 1 rings (SSSR count). The van der Waals surface area contributed by atoms with E-state index in [0.29, 0.717) is 17.3 Å². The lowest BCUT2D eigenvalue weighted by molar-refractivity contribution is -0.383. The average Bonchev–Trinajstić information content (AvgIpc) is 2.20. The Morgan fingerprint density at radius 1 is 1.60 bits per heavy atom. The summed E-state index contributed by atoms with van der Waals surface area (Å²) in [5.74, 6) is 0. The number of benzene rings is 1. The number of halogens is 1. The number of nitro groups is 1. The molecule has 0 bridgehead atoms. The molecule has 1 aromatic carbocycles. The van der Waals surface area contributed by atoms with Crippen molar-refractivity contribution < 1.29 is 4.92 Å². The van der Waals surface area contributed by atoms with E-state index in [1.807, 2.05) is 0 Å². The third kappa shape index (κ3) is 2.95. The number of rotatable bonds is 5. The van der Waals surface area contributed by atoms with E-state index < -0.39 is 4.92 Å². The zero-order valence-corrected chi connectivity index (χ0v) is 8.83. The smallest absolute Gasteiger partial charge is 0.293 e. The summed E-state index contributed by atoms with van der Waals surface area (Å²) in [5.41, 5.74) is 0.359. The molecule has 1 aromatic rings. The van der Waals surface area contributed by atoms with Crippen LogP contribution in [0.25, 0.3) is 0 Å². The fraction of sp³-hybridized carbons (Fsp3) is 0.200. The van der Waals surface area contributed by atoms with Gasteiger partial charge in [-0.1, -0.05) is 23.7 Å². The summed E-state index contributed by atoms with van der Waals surface area (Å²) in [6, 6.07) is 4.59. The van der Waals surface area contributed by atoms with E-state index in [-0.39, 0.29) is 5.69 Å². The minimum atomic E-state index is -0.456. The van der Waals surface area contributed by atoms with Gasteiger partial charge in [-0.25, -0.2) is 0 Å². The van der Waals surface area contributed by atoms with Crippen molar-refractivity contribution in [3.8, 4) is 0 Å². The van der Waals surface area contributed by atoms with Crippen molar-refractivity contribution in [3.63, 3.8) is 0 Å². The second-order valence-corrected chi connectivity index (χ2v) is 3.30. The molecule has 4 nitrogen and oxygen atoms in total. The van der Waals surface area contributed by atoms with Crippen molar-refractivity contribution in [2.75, 3.05) is 11.9 Å². The number of hydrogen-bond acceptors (Lipinski definition) is 3. The maximum absolute atomic E-state index is 10.7. The molecule has 0 aliphatic heterocycles. The normalized spacial score (nSPS) is 9.67. The first-order valence-corrected chi connectivity index (χ1v) is 4.82. The van der Waals surface area contributed by atoms with Crippen LogP contribution in [0.3, 0.4) is 0 Å². The van der Waals surface area contributed by atoms with Gasteiger partial charge < -0.3 is 5.32 Å². The number of nitrogens with zero attached hydrogens (tertiary/aromatic N) is 1. The van der Waals surface area contributed by atoms with Crippen LogP contribution in [-0.4, -0.2) is 11.5 Å². The topological polar surface area (TPSA) is 55.2 Å². The zero-order valence-electron chi connectivity index (χ0n) is 8.07. The van der Waals surface area contributed by atoms with E-state index in [1.54, 1.807) is 18.2 Å². The van der Waals surface area contributed by atoms with Crippen LogP contribution in [0.4, 0.5) is 11.4 Å². The molecule has 0 amide bonds. The molecule has 0 spiro atoms. The van der Waals surface area contributed by atoms with Crippen LogP contribution < -0.4 is 5.32 Å². The molecule has 0 unspecified atom stereocenters. The molecular formula is C10H11ClN2O2. The summed E-state index contributed by atoms with van der Waals surface area (Å²) < 4.78 is 0. The fourth-order valence-corrected chi connectivity index (χ4v) is 1.38. The van der Waals surface area contributed by atoms with E-state index in [2.05, 4.69) is 11.9 Å². The van der Waals surface area contributed by atoms with Gasteiger partial charge in [0.05, 0.1) is 9.95 Å². The summed E-state index contributed by atoms with van der Waals surface area (Å²) in [4.78, 5) is 10.2. The highest BCUT2D eigenvalue weighted by atomic mass is 35.5. The lowest BCUT2D eigenvalue weighted by atomic mass is 10.2. The molecule has 0 aliphatic rings. The largest absolute Gasteiger partial charge is 0.378 e. The summed E-state index contributed by atoms with van der Waals surface area (Å²) in [6.45, 7) is 4.14. The molecule has 0 radical (unpaired) electrons. The third-order valence-electron chi connectivity index (χ3n) is 1.84. The van der Waals surface area contributed by atoms with Crippen LogP contribution in [0, 0.1) is 10.1 Å². The number of para-hydroxylation sites is 1. The van der Waals surface area contributed by atoms with Gasteiger partial charge in [0.15, 0.2) is 0 Å². The summed E-state index contributed by atoms with van der Waals surface area (Å²) in [6.07, 6.45) is 2.46. The number of nitrogens with one attached hydrogen (secondary N) is 1. The van der Waals surface area contributed by atoms with Gasteiger partial charge in [0.1, 0.15) is 5.69 Å². The maximum atomic E-state index is 10.7. The van der Waals surface area contributed by atoms with Crippen molar-refractivity contribution in [1.82, 2.24) is 0 Å². The van der Waals surface area contributed by atoms with Crippen LogP contribution in [0.5, 0.6) is 0 Å². The quantitative estimate of drug-likeness (QED) is 0.363. The summed E-state index contributed by atoms with van der Waals surface area (Å²) in [5, 5.41) is 14.0. The second-order valence-electron chi connectivity index (χ2n) is 2.90. The molecule has 15 heavy (non-hydrogen) atoms. The van der Waals surface area contributed by atoms with E-state index >= 15 is 0 Å². The molecule has 0 saturated heterocycles. The van der Waals surface area contributed by atoms with Gasteiger partial charge in [0.2, 0.25) is 0 Å². The molecule has 1 N–H and O–H groups in total. The Morgan fingerprint density at radius 2 is 2.33 bits per heavy atom. The zero-order chi connectivity index (χ0) is 11.3. The Kier molecular flexibility index (Phi) is 4.12. The second kappa shape index (κ2) is 5.36. The van der Waals surface area contributed by atoms with Crippen LogP contribution in [0.15, 0.2) is 30.9 Å². The Morgan fingerprint density at radius 3 is 2.93 bits per heavy atom. The highest BCUT2D eigenvalue weighted by molar-refractivity contribution is 6.33. The van der Waals surface area contributed by atoms with Crippen LogP contribution >= 0.6 is 11.6 Å². The Hall–Kier alpha value is -1.55. The lowest BCUT2D eigenvalue weighted by Crippen LogP contribution is -2.03. The molecular weight excluding hydrogens is 216 g/mol. The maximum Gasteiger partial charge on any atom is 0.293 e. The minimum absolute atomic E-state index is 0.00781. The van der Waals surface area contributed by atoms with Crippen LogP contribution in [-0.2, 0) is 0 Å². The minimum Gasteiger partial charge on any atom is -0.378 e. The molecule has 0 atom stereocenters. The van der Waals surface area contributed by atoms with E-state index in [9.17, 15) is 10.1 Å². The first kappa shape index (κ1) is 11.5. The third-order valence-corrected chi connectivity index (χ3v) is 2.15. The van der Waals surface area contributed by atoms with Gasteiger partial charge in [-0.15, -0.1) is 6.58 Å². The molecule has 0 aromatic heterocycles. The van der Waals surface area contributed by atoms with Gasteiger partial charge in [-0.2, -0.15) is 0 Å². The number of nitro benzene ring substituents is 1. The average molecular weight is 227 g/mol. The van der Waals surface area contributed by atoms with Crippen molar-refractivity contribution in [2.45, 2.75) is 6.42 Å². The molecule has 5 heteroatoms. The van der Waals surface area contributed by atoms with Crippen molar-refractivity contribution in [2.24, 2.45) is 0 Å². The highest BCUT2D eigenvalue weighted by Crippen LogP contribution is 2.31. The van der Waals surface area contributed by atoms with Crippen molar-refractivity contribution in [3.05, 3.63) is 46.0 Å². The van der Waals surface area contributed by atoms with Crippen LogP contribution in [0.2, 0.25) is 5.02 Å². The van der Waals surface area contributed by atoms with Crippen molar-refractivity contribution in [1.29, 1.82) is 0 Å². The fourth-order valence-electron chi connectivity index (χ4n) is 1.14. The Labute approximate surface area is 92.7 Å². The molecule has 0 fully saturated rings. The number of anilines is 1. The van der Waals surface area contributed by atoms with Crippen LogP contribution in [0.1, 0.15) is 6.42 Å². The summed E-state index contributed by atoms with van der Waals surface area (Å²) >= 11 is 5.86. The molecule has 80 valence electrons. The van der Waals surface area contributed by atoms with Gasteiger partial charge >= 0.3 is 0 Å². The van der Waals surface area contributed by atoms with Gasteiger partial charge in [0, 0.05) is 12.6 Å². The predicted molar refractivity (Wildman–Crippen MR) is 61.4 cm³/mol. The highest BCUT2D eigenvalue weighted by Gasteiger charge is 2.15. The molecule has 0 aliphatic carbocycles. The predicted octanol–water partition coefficient (Wildman–Crippen LogP) is 3.24. The molecule has 0 heterocycles. The van der Waals surface area contributed by atoms with Gasteiger partial charge in [-0.05, 0) is 12.5 Å². The van der Waals surface area contributed by atoms with E-state index in [0.717, 1.165) is 6.42 Å². The molecule has 0 saturated carbocycles. The summed E-state index contributed by atoms with van der Waals surface area (Å²) in [7, 11) is 0. The van der Waals surface area contributed by atoms with E-state index in [4.69, 9.17) is 11.6 Å². The first-order valence-electron chi connectivity index (χ1n) is 4.44. The SMILES string of the molecule is C=CCCNc1c(Cl)cccc1[N+](=O)[O-]. The first-order chi connectivity index (χ1) is 7.16. The standard InChI is InChI=1S/C10H11ClN2O2/c1-2-3-7-12-10-8(11)5-4-6-9(10)13(14)15/h2,4-6,12H,1,3,7H2. The Balaban J connectivity index is 2.92. The van der Waals surface area contributed by atoms with Gasteiger partial charge in [0.25, 0.3) is 5.69 Å². The number of hydrogen-bond donors (Lipinski definition) is 1. The Bertz CT molecular complexity index is 380. The van der Waals surface area contributed by atoms with Crippen molar-refractivity contribution >= 4 is 23.0 Å². The monoisotopic (exact) mass is 226 g/mol.